The van der Waals surface area contributed by atoms with Crippen molar-refractivity contribution >= 4 is 10.9 Å². The van der Waals surface area contributed by atoms with Crippen LogP contribution in [0.15, 0.2) is 102 Å². The molecule has 0 atom stereocenters. The molecule has 0 amide bonds. The van der Waals surface area contributed by atoms with Crippen LogP contribution in [0.4, 0.5) is 0 Å². The van der Waals surface area contributed by atoms with Crippen molar-refractivity contribution in [3.63, 3.8) is 0 Å². The molecular weight excluding hydrogens is 438 g/mol. The fourth-order valence-electron chi connectivity index (χ4n) is 4.50. The highest BCUT2D eigenvalue weighted by Gasteiger charge is 2.35. The van der Waals surface area contributed by atoms with Gasteiger partial charge in [-0.15, -0.1) is 0 Å². The van der Waals surface area contributed by atoms with E-state index in [0.717, 1.165) is 27.8 Å². The molecule has 0 aliphatic heterocycles. The van der Waals surface area contributed by atoms with Crippen LogP contribution in [0.3, 0.4) is 0 Å². The van der Waals surface area contributed by atoms with Crippen molar-refractivity contribution in [2.24, 2.45) is 7.05 Å². The second-order valence-corrected chi connectivity index (χ2v) is 8.34. The highest BCUT2D eigenvalue weighted by Crippen LogP contribution is 2.39. The monoisotopic (exact) mass is 463 g/mol. The lowest BCUT2D eigenvalue weighted by atomic mass is 9.81. The molecule has 0 saturated carbocycles. The van der Waals surface area contributed by atoms with Crippen LogP contribution in [0.2, 0.25) is 0 Å². The summed E-state index contributed by atoms with van der Waals surface area (Å²) >= 11 is 0. The normalized spacial score (nSPS) is 11.5. The third-order valence-electron chi connectivity index (χ3n) is 6.28. The zero-order valence-electron chi connectivity index (χ0n) is 19.6. The molecule has 1 N–H and O–H groups in total. The second kappa shape index (κ2) is 9.16. The number of rotatable bonds is 6. The van der Waals surface area contributed by atoms with Crippen LogP contribution in [0.5, 0.6) is 5.75 Å². The van der Waals surface area contributed by atoms with Gasteiger partial charge in [-0.2, -0.15) is 0 Å². The Kier molecular flexibility index (Phi) is 5.89. The van der Waals surface area contributed by atoms with Crippen LogP contribution >= 0.6 is 0 Å². The van der Waals surface area contributed by atoms with Gasteiger partial charge >= 0.3 is 0 Å². The van der Waals surface area contributed by atoms with Gasteiger partial charge in [0.25, 0.3) is 5.56 Å². The van der Waals surface area contributed by atoms with Crippen molar-refractivity contribution in [2.45, 2.75) is 12.5 Å². The fraction of sp³-hybridized carbons (Fsp3) is 0.138. The topological polar surface area (TPSA) is 77.2 Å². The van der Waals surface area contributed by atoms with Crippen molar-refractivity contribution in [2.75, 3.05) is 6.61 Å². The number of benzene rings is 2. The third-order valence-corrected chi connectivity index (χ3v) is 6.28. The molecule has 0 fully saturated rings. The number of hydrogen-bond acceptors (Lipinski definition) is 5. The first-order chi connectivity index (χ1) is 17.0. The SMILES string of the molecule is CCOc1cccc(-c2cc(=O)n(C)c3ccc(C(O)(c4cccnc4)c4cccnc4)cc23)c1. The summed E-state index contributed by atoms with van der Waals surface area (Å²) in [7, 11) is 1.75. The first-order valence-electron chi connectivity index (χ1n) is 11.4. The Morgan fingerprint density at radius 1 is 0.886 bits per heavy atom. The highest BCUT2D eigenvalue weighted by molar-refractivity contribution is 5.95. The number of ether oxygens (including phenoxy) is 1. The minimum atomic E-state index is -1.49. The van der Waals surface area contributed by atoms with Crippen molar-refractivity contribution in [3.05, 3.63) is 125 Å². The van der Waals surface area contributed by atoms with E-state index in [2.05, 4.69) is 9.97 Å². The molecule has 174 valence electrons. The molecule has 0 aliphatic carbocycles. The Hall–Kier alpha value is -4.29. The Balaban J connectivity index is 1.80. The lowest BCUT2D eigenvalue weighted by Crippen LogP contribution is -2.29. The fourth-order valence-corrected chi connectivity index (χ4v) is 4.50. The van der Waals surface area contributed by atoms with E-state index in [4.69, 9.17) is 4.74 Å². The van der Waals surface area contributed by atoms with Gasteiger partial charge in [0.1, 0.15) is 11.4 Å². The maximum absolute atomic E-state index is 12.8. The number of aryl methyl sites for hydroxylation is 1. The zero-order chi connectivity index (χ0) is 24.4. The van der Waals surface area contributed by atoms with Crippen molar-refractivity contribution < 1.29 is 9.84 Å². The van der Waals surface area contributed by atoms with E-state index in [-0.39, 0.29) is 5.56 Å². The Bertz CT molecular complexity index is 1510. The van der Waals surface area contributed by atoms with Crippen LogP contribution in [-0.4, -0.2) is 26.2 Å². The van der Waals surface area contributed by atoms with E-state index in [1.807, 2.05) is 61.5 Å². The summed E-state index contributed by atoms with van der Waals surface area (Å²) in [6.45, 7) is 2.48. The maximum atomic E-state index is 12.8. The molecule has 0 aliphatic rings. The highest BCUT2D eigenvalue weighted by atomic mass is 16.5. The minimum Gasteiger partial charge on any atom is -0.494 e. The second-order valence-electron chi connectivity index (χ2n) is 8.34. The molecule has 6 nitrogen and oxygen atoms in total. The van der Waals surface area contributed by atoms with Gasteiger partial charge in [-0.25, -0.2) is 0 Å². The predicted octanol–water partition coefficient (Wildman–Crippen LogP) is 4.68. The average Bonchev–Trinajstić information content (AvgIpc) is 2.91. The summed E-state index contributed by atoms with van der Waals surface area (Å²) in [6.07, 6.45) is 6.66. The smallest absolute Gasteiger partial charge is 0.251 e. The molecule has 2 aromatic carbocycles. The summed E-state index contributed by atoms with van der Waals surface area (Å²) in [4.78, 5) is 21.3. The van der Waals surface area contributed by atoms with Gasteiger partial charge < -0.3 is 14.4 Å². The molecule has 0 radical (unpaired) electrons. The Labute approximate surface area is 203 Å². The predicted molar refractivity (Wildman–Crippen MR) is 136 cm³/mol. The summed E-state index contributed by atoms with van der Waals surface area (Å²) < 4.78 is 7.30. The molecule has 0 saturated heterocycles. The molecule has 6 heteroatoms. The maximum Gasteiger partial charge on any atom is 0.251 e. The molecule has 5 aromatic rings. The lowest BCUT2D eigenvalue weighted by molar-refractivity contribution is 0.125. The van der Waals surface area contributed by atoms with Gasteiger partial charge in [-0.05, 0) is 60.0 Å². The molecular formula is C29H25N3O3. The standard InChI is InChI=1S/C29H25N3O3/c1-3-35-24-10-4-7-20(15-24)25-17-28(33)32(2)27-12-11-21(16-26(25)27)29(34,22-8-5-13-30-18-22)23-9-6-14-31-19-23/h4-19,34H,3H2,1-2H3. The third kappa shape index (κ3) is 3.98. The van der Waals surface area contributed by atoms with Gasteiger partial charge in [-0.3, -0.25) is 14.8 Å². The summed E-state index contributed by atoms with van der Waals surface area (Å²) in [5.74, 6) is 0.734. The van der Waals surface area contributed by atoms with Crippen LogP contribution < -0.4 is 10.3 Å². The van der Waals surface area contributed by atoms with Gasteiger partial charge in [0, 0.05) is 54.4 Å². The van der Waals surface area contributed by atoms with Crippen LogP contribution in [0.1, 0.15) is 23.6 Å². The zero-order valence-corrected chi connectivity index (χ0v) is 19.6. The van der Waals surface area contributed by atoms with E-state index in [0.29, 0.717) is 23.3 Å². The number of pyridine rings is 3. The average molecular weight is 464 g/mol. The number of hydrogen-bond donors (Lipinski definition) is 1. The first kappa shape index (κ1) is 22.5. The minimum absolute atomic E-state index is 0.114. The van der Waals surface area contributed by atoms with E-state index < -0.39 is 5.60 Å². The van der Waals surface area contributed by atoms with Gasteiger partial charge in [-0.1, -0.05) is 30.3 Å². The number of aromatic nitrogens is 3. The quantitative estimate of drug-likeness (QED) is 0.396. The molecule has 0 spiro atoms. The lowest BCUT2D eigenvalue weighted by Gasteiger charge is -2.30. The van der Waals surface area contributed by atoms with Crippen molar-refractivity contribution in [1.82, 2.24) is 14.5 Å². The van der Waals surface area contributed by atoms with E-state index in [9.17, 15) is 9.90 Å². The molecule has 5 rings (SSSR count). The van der Waals surface area contributed by atoms with Gasteiger partial charge in [0.2, 0.25) is 0 Å². The summed E-state index contributed by atoms with van der Waals surface area (Å²) in [5.41, 5.74) is 2.68. The first-order valence-corrected chi connectivity index (χ1v) is 11.4. The van der Waals surface area contributed by atoms with Crippen molar-refractivity contribution in [3.8, 4) is 16.9 Å². The van der Waals surface area contributed by atoms with Crippen molar-refractivity contribution in [1.29, 1.82) is 0 Å². The van der Waals surface area contributed by atoms with Crippen LogP contribution in [-0.2, 0) is 12.6 Å². The Morgan fingerprint density at radius 3 is 2.23 bits per heavy atom. The van der Waals surface area contributed by atoms with E-state index in [1.54, 1.807) is 54.6 Å². The number of fused-ring (bicyclic) bond motifs is 1. The largest absolute Gasteiger partial charge is 0.494 e. The molecule has 0 bridgehead atoms. The van der Waals surface area contributed by atoms with Gasteiger partial charge in [0.05, 0.1) is 12.1 Å². The molecule has 0 unspecified atom stereocenters. The van der Waals surface area contributed by atoms with E-state index in [1.165, 1.54) is 0 Å². The summed E-state index contributed by atoms with van der Waals surface area (Å²) in [5, 5.41) is 13.1. The number of aliphatic hydroxyl groups is 1. The van der Waals surface area contributed by atoms with Gasteiger partial charge in [0.15, 0.2) is 0 Å². The molecule has 3 heterocycles. The van der Waals surface area contributed by atoms with Crippen LogP contribution in [0.25, 0.3) is 22.0 Å². The van der Waals surface area contributed by atoms with Crippen LogP contribution in [0, 0.1) is 0 Å². The Morgan fingerprint density at radius 2 is 1.60 bits per heavy atom. The summed E-state index contributed by atoms with van der Waals surface area (Å²) in [6, 6.07) is 22.3. The molecule has 35 heavy (non-hydrogen) atoms. The number of nitrogens with zero attached hydrogens (tertiary/aromatic N) is 3. The van der Waals surface area contributed by atoms with E-state index >= 15 is 0 Å². The molecule has 3 aromatic heterocycles.